The van der Waals surface area contributed by atoms with Gasteiger partial charge in [0.05, 0.1) is 18.1 Å². The molecule has 0 heterocycles. The number of rotatable bonds is 10. The summed E-state index contributed by atoms with van der Waals surface area (Å²) in [7, 11) is -3.70. The predicted molar refractivity (Wildman–Crippen MR) is 117 cm³/mol. The molecule has 6 heteroatoms. The van der Waals surface area contributed by atoms with Crippen molar-refractivity contribution < 1.29 is 13.2 Å². The van der Waals surface area contributed by atoms with Crippen molar-refractivity contribution in [3.05, 3.63) is 77.9 Å². The van der Waals surface area contributed by atoms with Crippen molar-refractivity contribution in [3.8, 4) is 0 Å². The molecule has 0 bridgehead atoms. The normalized spacial score (nSPS) is 12.9. The molecule has 0 fully saturated rings. The second-order valence-electron chi connectivity index (χ2n) is 7.18. The third-order valence-corrected chi connectivity index (χ3v) is 6.48. The first-order valence-electron chi connectivity index (χ1n) is 9.83. The fraction of sp³-hybridized carbons (Fsp3) is 0.304. The van der Waals surface area contributed by atoms with Gasteiger partial charge in [-0.2, -0.15) is 0 Å². The van der Waals surface area contributed by atoms with Gasteiger partial charge in [0, 0.05) is 11.4 Å². The Kier molecular flexibility index (Phi) is 7.39. The Balaban J connectivity index is 1.76. The Hall–Kier alpha value is -2.25. The first-order valence-corrected chi connectivity index (χ1v) is 11.3. The minimum Gasteiger partial charge on any atom is -0.375 e. The van der Waals surface area contributed by atoms with Gasteiger partial charge in [-0.05, 0) is 48.9 Å². The lowest BCUT2D eigenvalue weighted by atomic mass is 10.1. The molecular weight excluding hydrogens is 384 g/mol. The van der Waals surface area contributed by atoms with Gasteiger partial charge in [0.2, 0.25) is 10.0 Å². The van der Waals surface area contributed by atoms with Crippen LogP contribution in [0.4, 0.5) is 0 Å². The lowest BCUT2D eigenvalue weighted by Crippen LogP contribution is -2.38. The van der Waals surface area contributed by atoms with Gasteiger partial charge < -0.3 is 10.5 Å². The fourth-order valence-electron chi connectivity index (χ4n) is 3.37. The molecule has 5 nitrogen and oxygen atoms in total. The highest BCUT2D eigenvalue weighted by Gasteiger charge is 2.22. The molecule has 0 aromatic heterocycles. The minimum atomic E-state index is -3.70. The van der Waals surface area contributed by atoms with E-state index in [0.717, 1.165) is 28.3 Å². The van der Waals surface area contributed by atoms with E-state index < -0.39 is 10.0 Å². The molecule has 0 spiro atoms. The van der Waals surface area contributed by atoms with Crippen LogP contribution < -0.4 is 10.5 Å². The fourth-order valence-corrected chi connectivity index (χ4v) is 4.84. The highest BCUT2D eigenvalue weighted by molar-refractivity contribution is 7.89. The number of hydrogen-bond acceptors (Lipinski definition) is 4. The molecule has 3 aromatic rings. The van der Waals surface area contributed by atoms with E-state index in [9.17, 15) is 8.42 Å². The molecule has 0 aliphatic carbocycles. The summed E-state index contributed by atoms with van der Waals surface area (Å²) in [4.78, 5) is 0.291. The molecule has 0 radical (unpaired) electrons. The van der Waals surface area contributed by atoms with Crippen molar-refractivity contribution in [1.82, 2.24) is 4.72 Å². The standard InChI is InChI=1S/C23H28N2O3S/c1-18-13-14-23(22-12-6-5-11-21(18)22)29(26,27)25-20(10-7-15-24)17-28-16-19-8-3-2-4-9-19/h2-6,8-9,11-14,20,25H,7,10,15-17,24H2,1H3/t20-/m0/s1. The first kappa shape index (κ1) is 21.5. The summed E-state index contributed by atoms with van der Waals surface area (Å²) in [6, 6.07) is 20.6. The number of hydrogen-bond donors (Lipinski definition) is 2. The summed E-state index contributed by atoms with van der Waals surface area (Å²) >= 11 is 0. The third-order valence-electron chi connectivity index (χ3n) is 4.90. The van der Waals surface area contributed by atoms with Gasteiger partial charge in [-0.3, -0.25) is 0 Å². The first-order chi connectivity index (χ1) is 14.0. The van der Waals surface area contributed by atoms with E-state index in [1.807, 2.05) is 67.6 Å². The summed E-state index contributed by atoms with van der Waals surface area (Å²) in [6.45, 7) is 3.21. The Morgan fingerprint density at radius 1 is 0.966 bits per heavy atom. The van der Waals surface area contributed by atoms with E-state index in [1.165, 1.54) is 0 Å². The minimum absolute atomic E-state index is 0.290. The van der Waals surface area contributed by atoms with Gasteiger partial charge >= 0.3 is 0 Å². The van der Waals surface area contributed by atoms with Crippen LogP contribution in [0.5, 0.6) is 0 Å². The Morgan fingerprint density at radius 2 is 1.66 bits per heavy atom. The van der Waals surface area contributed by atoms with Gasteiger partial charge in [-0.15, -0.1) is 0 Å². The summed E-state index contributed by atoms with van der Waals surface area (Å²) in [5.41, 5.74) is 7.74. The maximum atomic E-state index is 13.2. The number of aryl methyl sites for hydroxylation is 1. The zero-order chi connectivity index (χ0) is 20.7. The zero-order valence-electron chi connectivity index (χ0n) is 16.7. The van der Waals surface area contributed by atoms with Crippen LogP contribution in [0.25, 0.3) is 10.8 Å². The number of sulfonamides is 1. The second kappa shape index (κ2) is 9.98. The molecule has 0 saturated heterocycles. The molecular formula is C23H28N2O3S. The molecule has 154 valence electrons. The number of ether oxygens (including phenoxy) is 1. The summed E-state index contributed by atoms with van der Waals surface area (Å²) < 4.78 is 35.0. The van der Waals surface area contributed by atoms with E-state index in [0.29, 0.717) is 24.5 Å². The molecule has 3 rings (SSSR count). The largest absolute Gasteiger partial charge is 0.375 e. The monoisotopic (exact) mass is 412 g/mol. The molecule has 3 aromatic carbocycles. The van der Waals surface area contributed by atoms with Gasteiger partial charge in [-0.1, -0.05) is 60.7 Å². The lowest BCUT2D eigenvalue weighted by Gasteiger charge is -2.20. The maximum Gasteiger partial charge on any atom is 0.241 e. The van der Waals surface area contributed by atoms with Crippen molar-refractivity contribution in [1.29, 1.82) is 0 Å². The van der Waals surface area contributed by atoms with Crippen LogP contribution in [0.1, 0.15) is 24.0 Å². The average molecular weight is 413 g/mol. The van der Waals surface area contributed by atoms with Crippen molar-refractivity contribution in [2.24, 2.45) is 5.73 Å². The topological polar surface area (TPSA) is 81.4 Å². The van der Waals surface area contributed by atoms with E-state index in [2.05, 4.69) is 4.72 Å². The highest BCUT2D eigenvalue weighted by Crippen LogP contribution is 2.26. The number of fused-ring (bicyclic) bond motifs is 1. The summed E-state index contributed by atoms with van der Waals surface area (Å²) in [5.74, 6) is 0. The smallest absolute Gasteiger partial charge is 0.241 e. The number of nitrogens with two attached hydrogens (primary N) is 1. The molecule has 0 aliphatic heterocycles. The van der Waals surface area contributed by atoms with Crippen LogP contribution in [0.2, 0.25) is 0 Å². The van der Waals surface area contributed by atoms with Crippen LogP contribution in [0, 0.1) is 6.92 Å². The van der Waals surface area contributed by atoms with Gasteiger partial charge in [0.1, 0.15) is 0 Å². The second-order valence-corrected chi connectivity index (χ2v) is 8.86. The van der Waals surface area contributed by atoms with E-state index in [1.54, 1.807) is 6.07 Å². The predicted octanol–water partition coefficient (Wildman–Crippen LogP) is 3.75. The summed E-state index contributed by atoms with van der Waals surface area (Å²) in [5, 5.41) is 1.66. The number of nitrogens with one attached hydrogen (secondary N) is 1. The highest BCUT2D eigenvalue weighted by atomic mass is 32.2. The van der Waals surface area contributed by atoms with Crippen LogP contribution in [-0.4, -0.2) is 27.6 Å². The van der Waals surface area contributed by atoms with Crippen molar-refractivity contribution >= 4 is 20.8 Å². The van der Waals surface area contributed by atoms with Gasteiger partial charge in [0.25, 0.3) is 0 Å². The van der Waals surface area contributed by atoms with Crippen molar-refractivity contribution in [3.63, 3.8) is 0 Å². The molecule has 0 amide bonds. The Morgan fingerprint density at radius 3 is 2.38 bits per heavy atom. The van der Waals surface area contributed by atoms with E-state index >= 15 is 0 Å². The summed E-state index contributed by atoms with van der Waals surface area (Å²) in [6.07, 6.45) is 1.34. The molecule has 0 aliphatic rings. The third kappa shape index (κ3) is 5.64. The zero-order valence-corrected chi connectivity index (χ0v) is 17.5. The van der Waals surface area contributed by atoms with Crippen LogP contribution in [0.15, 0.2) is 71.6 Å². The van der Waals surface area contributed by atoms with E-state index in [-0.39, 0.29) is 12.6 Å². The molecule has 1 atom stereocenters. The number of benzene rings is 3. The molecule has 3 N–H and O–H groups in total. The van der Waals surface area contributed by atoms with Crippen LogP contribution >= 0.6 is 0 Å². The van der Waals surface area contributed by atoms with E-state index in [4.69, 9.17) is 10.5 Å². The Labute approximate surface area is 172 Å². The quantitative estimate of drug-likeness (QED) is 0.531. The van der Waals surface area contributed by atoms with Gasteiger partial charge in [0.15, 0.2) is 0 Å². The molecule has 0 unspecified atom stereocenters. The SMILES string of the molecule is Cc1ccc(S(=O)(=O)N[C@@H](CCCN)COCc2ccccc2)c2ccccc12. The van der Waals surface area contributed by atoms with Crippen molar-refractivity contribution in [2.75, 3.05) is 13.2 Å². The lowest BCUT2D eigenvalue weighted by molar-refractivity contribution is 0.102. The van der Waals surface area contributed by atoms with Crippen molar-refractivity contribution in [2.45, 2.75) is 37.3 Å². The van der Waals surface area contributed by atoms with Crippen LogP contribution in [-0.2, 0) is 21.4 Å². The molecule has 0 saturated carbocycles. The van der Waals surface area contributed by atoms with Gasteiger partial charge in [-0.25, -0.2) is 13.1 Å². The molecule has 29 heavy (non-hydrogen) atoms. The Bertz CT molecular complexity index is 1040. The maximum absolute atomic E-state index is 13.2. The average Bonchev–Trinajstić information content (AvgIpc) is 2.73. The van der Waals surface area contributed by atoms with Crippen LogP contribution in [0.3, 0.4) is 0 Å².